The van der Waals surface area contributed by atoms with Crippen molar-refractivity contribution >= 4 is 33.9 Å². The van der Waals surface area contributed by atoms with Crippen LogP contribution in [-0.2, 0) is 6.42 Å². The van der Waals surface area contributed by atoms with Crippen molar-refractivity contribution in [3.63, 3.8) is 0 Å². The quantitative estimate of drug-likeness (QED) is 0.463. The fourth-order valence-corrected chi connectivity index (χ4v) is 2.13. The smallest absolute Gasteiger partial charge is 0.297 e. The molecule has 0 spiro atoms. The van der Waals surface area contributed by atoms with Crippen LogP contribution in [0.5, 0.6) is 0 Å². The van der Waals surface area contributed by atoms with Gasteiger partial charge in [0, 0.05) is 22.0 Å². The molecule has 18 heavy (non-hydrogen) atoms. The predicted molar refractivity (Wildman–Crippen MR) is 64.3 cm³/mol. The average Bonchev–Trinajstić information content (AvgIpc) is 2.58. The van der Waals surface area contributed by atoms with Crippen molar-refractivity contribution in [1.29, 1.82) is 0 Å². The monoisotopic (exact) mass is 371 g/mol. The summed E-state index contributed by atoms with van der Waals surface area (Å²) in [5.41, 5.74) is -0.519. The van der Waals surface area contributed by atoms with E-state index in [1.54, 1.807) is 22.6 Å². The van der Waals surface area contributed by atoms with Gasteiger partial charge >= 0.3 is 11.9 Å². The van der Waals surface area contributed by atoms with Crippen molar-refractivity contribution < 1.29 is 18.1 Å². The van der Waals surface area contributed by atoms with Crippen LogP contribution in [0.15, 0.2) is 18.5 Å². The average molecular weight is 371 g/mol. The molecule has 2 heterocycles. The van der Waals surface area contributed by atoms with Gasteiger partial charge in [-0.05, 0) is 22.6 Å². The summed E-state index contributed by atoms with van der Waals surface area (Å²) in [5.74, 6) is 0. The molecule has 0 aliphatic carbocycles. The zero-order valence-electron chi connectivity index (χ0n) is 8.61. The van der Waals surface area contributed by atoms with E-state index in [1.165, 1.54) is 12.3 Å². The highest BCUT2D eigenvalue weighted by molar-refractivity contribution is 14.1. The molecule has 0 bridgehead atoms. The number of nitro groups is 1. The van der Waals surface area contributed by atoms with Crippen LogP contribution >= 0.6 is 22.6 Å². The second-order valence-corrected chi connectivity index (χ2v) is 4.78. The Bertz CT molecular complexity index is 623. The lowest BCUT2D eigenvalue weighted by Crippen LogP contribution is -2.13. The number of nitrogens with zero attached hydrogens (tertiary/aromatic N) is 3. The largest absolute Gasteiger partial charge is 0.394 e. The van der Waals surface area contributed by atoms with Gasteiger partial charge in [0.2, 0.25) is 5.65 Å². The van der Waals surface area contributed by atoms with Crippen LogP contribution in [0, 0.1) is 13.7 Å². The van der Waals surface area contributed by atoms with Gasteiger partial charge in [0.25, 0.3) is 0 Å². The molecule has 0 saturated carbocycles. The van der Waals surface area contributed by atoms with E-state index in [-0.39, 0.29) is 17.0 Å². The van der Waals surface area contributed by atoms with Crippen LogP contribution in [0.25, 0.3) is 5.65 Å². The van der Waals surface area contributed by atoms with Crippen molar-refractivity contribution in [3.05, 3.63) is 37.8 Å². The minimum atomic E-state index is -4.38. The molecule has 5 nitrogen and oxygen atoms in total. The third-order valence-corrected chi connectivity index (χ3v) is 2.80. The zero-order valence-corrected chi connectivity index (χ0v) is 10.8. The lowest BCUT2D eigenvalue weighted by atomic mass is 10.3. The molecule has 0 aromatic carbocycles. The Morgan fingerprint density at radius 2 is 2.17 bits per heavy atom. The minimum absolute atomic E-state index is 0.0836. The Labute approximate surface area is 112 Å². The number of hydrogen-bond donors (Lipinski definition) is 0. The van der Waals surface area contributed by atoms with Crippen LogP contribution in [-0.4, -0.2) is 20.5 Å². The van der Waals surface area contributed by atoms with Crippen molar-refractivity contribution in [2.45, 2.75) is 12.6 Å². The molecule has 96 valence electrons. The highest BCUT2D eigenvalue weighted by Gasteiger charge is 2.30. The van der Waals surface area contributed by atoms with Gasteiger partial charge in [-0.15, -0.1) is 0 Å². The van der Waals surface area contributed by atoms with Crippen molar-refractivity contribution in [1.82, 2.24) is 9.38 Å². The van der Waals surface area contributed by atoms with E-state index in [9.17, 15) is 23.3 Å². The van der Waals surface area contributed by atoms with Crippen molar-refractivity contribution in [2.75, 3.05) is 0 Å². The summed E-state index contributed by atoms with van der Waals surface area (Å²) in [6.45, 7) is 0. The molecule has 0 N–H and O–H groups in total. The van der Waals surface area contributed by atoms with Crippen LogP contribution in [0.1, 0.15) is 5.69 Å². The third kappa shape index (κ3) is 2.54. The number of hydrogen-bond acceptors (Lipinski definition) is 3. The normalized spacial score (nSPS) is 12.0. The van der Waals surface area contributed by atoms with Gasteiger partial charge in [0.05, 0.1) is 17.0 Å². The molecule has 0 radical (unpaired) electrons. The number of pyridine rings is 1. The van der Waals surface area contributed by atoms with Gasteiger partial charge in [-0.2, -0.15) is 13.2 Å². The fraction of sp³-hybridized carbons (Fsp3) is 0.222. The molecule has 0 aliphatic heterocycles. The predicted octanol–water partition coefficient (Wildman–Crippen LogP) is 2.95. The van der Waals surface area contributed by atoms with E-state index in [0.717, 1.165) is 10.6 Å². The first-order valence-corrected chi connectivity index (χ1v) is 5.72. The van der Waals surface area contributed by atoms with Crippen LogP contribution in [0.2, 0.25) is 0 Å². The lowest BCUT2D eigenvalue weighted by Gasteiger charge is -2.06. The van der Waals surface area contributed by atoms with Gasteiger partial charge in [0.15, 0.2) is 0 Å². The van der Waals surface area contributed by atoms with E-state index in [0.29, 0.717) is 3.57 Å². The minimum Gasteiger partial charge on any atom is -0.297 e. The molecular formula is C9H5F3IN3O2. The van der Waals surface area contributed by atoms with Crippen molar-refractivity contribution in [2.24, 2.45) is 0 Å². The van der Waals surface area contributed by atoms with Crippen molar-refractivity contribution in [3.8, 4) is 0 Å². The maximum absolute atomic E-state index is 12.3. The SMILES string of the molecule is O=[N+]([O-])c1cc(I)cn2c(CC(F)(F)F)cnc12. The Hall–Kier alpha value is -1.39. The van der Waals surface area contributed by atoms with Crippen LogP contribution in [0.4, 0.5) is 18.9 Å². The number of aromatic nitrogens is 2. The first kappa shape index (κ1) is 13.1. The molecule has 2 aromatic rings. The van der Waals surface area contributed by atoms with E-state index < -0.39 is 17.5 Å². The highest BCUT2D eigenvalue weighted by Crippen LogP contribution is 2.26. The van der Waals surface area contributed by atoms with Gasteiger partial charge in [0.1, 0.15) is 0 Å². The lowest BCUT2D eigenvalue weighted by molar-refractivity contribution is -0.383. The summed E-state index contributed by atoms with van der Waals surface area (Å²) in [4.78, 5) is 13.8. The van der Waals surface area contributed by atoms with Gasteiger partial charge in [-0.25, -0.2) is 4.98 Å². The first-order chi connectivity index (χ1) is 8.28. The second-order valence-electron chi connectivity index (χ2n) is 3.54. The molecule has 0 saturated heterocycles. The van der Waals surface area contributed by atoms with Gasteiger partial charge in [-0.3, -0.25) is 14.5 Å². The Kier molecular flexibility index (Phi) is 3.17. The summed E-state index contributed by atoms with van der Waals surface area (Å²) in [7, 11) is 0. The second kappa shape index (κ2) is 4.37. The summed E-state index contributed by atoms with van der Waals surface area (Å²) < 4.78 is 38.6. The Morgan fingerprint density at radius 1 is 1.50 bits per heavy atom. The summed E-state index contributed by atoms with van der Waals surface area (Å²) >= 11 is 1.80. The van der Waals surface area contributed by atoms with Gasteiger partial charge in [-0.1, -0.05) is 0 Å². The Balaban J connectivity index is 2.63. The standard InChI is InChI=1S/C9H5F3IN3O2/c10-9(11,12)2-6-3-14-8-7(16(17)18)1-5(13)4-15(6)8/h1,3-4H,2H2. The summed E-state index contributed by atoms with van der Waals surface area (Å²) in [6, 6.07) is 1.26. The van der Waals surface area contributed by atoms with E-state index in [4.69, 9.17) is 0 Å². The van der Waals surface area contributed by atoms with E-state index in [2.05, 4.69) is 4.98 Å². The molecular weight excluding hydrogens is 366 g/mol. The molecule has 0 amide bonds. The maximum atomic E-state index is 12.3. The van der Waals surface area contributed by atoms with Crippen LogP contribution < -0.4 is 0 Å². The van der Waals surface area contributed by atoms with E-state index >= 15 is 0 Å². The third-order valence-electron chi connectivity index (χ3n) is 2.21. The van der Waals surface area contributed by atoms with E-state index in [1.807, 2.05) is 0 Å². The van der Waals surface area contributed by atoms with Gasteiger partial charge < -0.3 is 0 Å². The summed E-state index contributed by atoms with van der Waals surface area (Å²) in [6.07, 6.45) is -3.17. The number of imidazole rings is 1. The number of fused-ring (bicyclic) bond motifs is 1. The number of rotatable bonds is 2. The maximum Gasteiger partial charge on any atom is 0.394 e. The molecule has 0 atom stereocenters. The highest BCUT2D eigenvalue weighted by atomic mass is 127. The summed E-state index contributed by atoms with van der Waals surface area (Å²) in [5, 5.41) is 10.8. The fourth-order valence-electron chi connectivity index (χ4n) is 1.56. The van der Waals surface area contributed by atoms with Crippen LogP contribution in [0.3, 0.4) is 0 Å². The zero-order chi connectivity index (χ0) is 13.5. The number of alkyl halides is 3. The molecule has 2 rings (SSSR count). The topological polar surface area (TPSA) is 60.4 Å². The molecule has 0 unspecified atom stereocenters. The molecule has 2 aromatic heterocycles. The molecule has 9 heteroatoms. The molecule has 0 aliphatic rings. The molecule has 0 fully saturated rings. The number of halogens is 4. The Morgan fingerprint density at radius 3 is 2.72 bits per heavy atom. The first-order valence-electron chi connectivity index (χ1n) is 4.64.